The van der Waals surface area contributed by atoms with Gasteiger partial charge in [0, 0.05) is 43.5 Å². The number of hydrogen-bond donors (Lipinski definition) is 1. The average Bonchev–Trinajstić information content (AvgIpc) is 2.97. The van der Waals surface area contributed by atoms with Gasteiger partial charge >= 0.3 is 0 Å². The lowest BCUT2D eigenvalue weighted by atomic mass is 9.98. The zero-order valence-corrected chi connectivity index (χ0v) is 11.5. The topological polar surface area (TPSA) is 33.1 Å². The van der Waals surface area contributed by atoms with E-state index in [4.69, 9.17) is 0 Å². The van der Waals surface area contributed by atoms with Crippen molar-refractivity contribution in [2.24, 2.45) is 7.05 Å². The van der Waals surface area contributed by atoms with Crippen molar-refractivity contribution in [1.29, 1.82) is 0 Å². The molecule has 4 nitrogen and oxygen atoms in total. The maximum atomic E-state index is 4.26. The van der Waals surface area contributed by atoms with Gasteiger partial charge in [-0.2, -0.15) is 5.10 Å². The molecule has 0 radical (unpaired) electrons. The van der Waals surface area contributed by atoms with Crippen molar-refractivity contribution in [1.82, 2.24) is 20.0 Å². The molecule has 3 heterocycles. The van der Waals surface area contributed by atoms with Crippen LogP contribution in [0.4, 0.5) is 0 Å². The number of hydrogen-bond acceptors (Lipinski definition) is 3. The third-order valence-corrected chi connectivity index (χ3v) is 4.54. The first kappa shape index (κ1) is 12.2. The third kappa shape index (κ3) is 2.31. The lowest BCUT2D eigenvalue weighted by Gasteiger charge is -2.33. The Morgan fingerprint density at radius 3 is 3.00 bits per heavy atom. The maximum Gasteiger partial charge on any atom is 0.0537 e. The molecule has 100 valence electrons. The summed E-state index contributed by atoms with van der Waals surface area (Å²) in [6.07, 6.45) is 9.56. The van der Waals surface area contributed by atoms with Gasteiger partial charge < -0.3 is 5.32 Å². The molecule has 1 N–H and O–H groups in total. The number of aromatic nitrogens is 2. The summed E-state index contributed by atoms with van der Waals surface area (Å²) in [4.78, 5) is 2.68. The zero-order valence-electron chi connectivity index (χ0n) is 11.5. The highest BCUT2D eigenvalue weighted by molar-refractivity contribution is 5.10. The highest BCUT2D eigenvalue weighted by atomic mass is 15.3. The minimum absolute atomic E-state index is 0.408. The lowest BCUT2D eigenvalue weighted by molar-refractivity contribution is 0.177. The molecular formula is C14H24N4. The zero-order chi connectivity index (χ0) is 12.5. The second kappa shape index (κ2) is 5.02. The minimum atomic E-state index is 0.408. The van der Waals surface area contributed by atoms with E-state index >= 15 is 0 Å². The largest absolute Gasteiger partial charge is 0.306 e. The number of fused-ring (bicyclic) bond motifs is 1. The number of piperidine rings is 1. The van der Waals surface area contributed by atoms with E-state index in [9.17, 15) is 0 Å². The molecule has 3 unspecified atom stereocenters. The highest BCUT2D eigenvalue weighted by Crippen LogP contribution is 2.28. The van der Waals surface area contributed by atoms with Gasteiger partial charge in [0.1, 0.15) is 0 Å². The summed E-state index contributed by atoms with van der Waals surface area (Å²) in [7, 11) is 1.98. The number of nitrogens with zero attached hydrogens (tertiary/aromatic N) is 3. The fourth-order valence-electron chi connectivity index (χ4n) is 3.52. The predicted octanol–water partition coefficient (Wildman–Crippen LogP) is 1.70. The molecule has 1 aromatic rings. The number of nitrogens with one attached hydrogen (secondary N) is 1. The van der Waals surface area contributed by atoms with Crippen LogP contribution in [0.5, 0.6) is 0 Å². The van der Waals surface area contributed by atoms with Crippen LogP contribution in [0.3, 0.4) is 0 Å². The number of rotatable bonds is 3. The van der Waals surface area contributed by atoms with Crippen molar-refractivity contribution in [2.75, 3.05) is 13.1 Å². The van der Waals surface area contributed by atoms with Crippen LogP contribution in [0.1, 0.15) is 44.2 Å². The summed E-state index contributed by atoms with van der Waals surface area (Å²) in [6, 6.07) is 1.85. The predicted molar refractivity (Wildman–Crippen MR) is 72.4 cm³/mol. The average molecular weight is 248 g/mol. The van der Waals surface area contributed by atoms with Crippen molar-refractivity contribution >= 4 is 0 Å². The Labute approximate surface area is 109 Å². The van der Waals surface area contributed by atoms with Gasteiger partial charge in [0.2, 0.25) is 0 Å². The van der Waals surface area contributed by atoms with Gasteiger partial charge in [-0.1, -0.05) is 6.42 Å². The molecule has 3 rings (SSSR count). The summed E-state index contributed by atoms with van der Waals surface area (Å²) in [6.45, 7) is 4.84. The van der Waals surface area contributed by atoms with Crippen LogP contribution < -0.4 is 5.32 Å². The fraction of sp³-hybridized carbons (Fsp3) is 0.786. The molecule has 0 saturated carbocycles. The summed E-state index contributed by atoms with van der Waals surface area (Å²) in [5, 5.41) is 8.07. The Morgan fingerprint density at radius 2 is 2.22 bits per heavy atom. The van der Waals surface area contributed by atoms with Gasteiger partial charge in [-0.05, 0) is 32.7 Å². The van der Waals surface area contributed by atoms with E-state index in [0.717, 1.165) is 6.04 Å². The van der Waals surface area contributed by atoms with Gasteiger partial charge in [0.15, 0.2) is 0 Å². The molecule has 0 amide bonds. The first-order valence-electron chi connectivity index (χ1n) is 7.22. The first-order valence-corrected chi connectivity index (χ1v) is 7.22. The van der Waals surface area contributed by atoms with Crippen molar-refractivity contribution in [3.8, 4) is 0 Å². The van der Waals surface area contributed by atoms with Crippen LogP contribution in [0.15, 0.2) is 12.4 Å². The Hall–Kier alpha value is -0.870. The van der Waals surface area contributed by atoms with Gasteiger partial charge in [-0.3, -0.25) is 9.58 Å². The molecule has 4 heteroatoms. The highest BCUT2D eigenvalue weighted by Gasteiger charge is 2.35. The smallest absolute Gasteiger partial charge is 0.0537 e. The molecule has 18 heavy (non-hydrogen) atoms. The van der Waals surface area contributed by atoms with E-state index in [-0.39, 0.29) is 0 Å². The quantitative estimate of drug-likeness (QED) is 0.884. The van der Waals surface area contributed by atoms with Crippen LogP contribution >= 0.6 is 0 Å². The van der Waals surface area contributed by atoms with E-state index in [1.165, 1.54) is 44.3 Å². The van der Waals surface area contributed by atoms with E-state index in [2.05, 4.69) is 28.4 Å². The van der Waals surface area contributed by atoms with Gasteiger partial charge in [0.05, 0.1) is 6.20 Å². The van der Waals surface area contributed by atoms with E-state index in [0.29, 0.717) is 12.1 Å². The normalized spacial score (nSPS) is 30.3. The van der Waals surface area contributed by atoms with Crippen LogP contribution in [0.25, 0.3) is 0 Å². The van der Waals surface area contributed by atoms with E-state index in [1.807, 2.05) is 17.9 Å². The molecule has 0 aromatic carbocycles. The molecular weight excluding hydrogens is 224 g/mol. The molecule has 1 aromatic heterocycles. The molecule has 0 aliphatic carbocycles. The SMILES string of the molecule is CC(NC1CCN2CCCCC12)c1cnn(C)c1. The first-order chi connectivity index (χ1) is 8.74. The van der Waals surface area contributed by atoms with Gasteiger partial charge in [-0.15, -0.1) is 0 Å². The Morgan fingerprint density at radius 1 is 1.33 bits per heavy atom. The van der Waals surface area contributed by atoms with Crippen molar-refractivity contribution in [3.05, 3.63) is 18.0 Å². The second-order valence-electron chi connectivity index (χ2n) is 5.83. The molecule has 2 aliphatic heterocycles. The van der Waals surface area contributed by atoms with Crippen molar-refractivity contribution in [2.45, 2.75) is 50.7 Å². The van der Waals surface area contributed by atoms with Gasteiger partial charge in [0.25, 0.3) is 0 Å². The maximum absolute atomic E-state index is 4.26. The van der Waals surface area contributed by atoms with E-state index in [1.54, 1.807) is 0 Å². The molecule has 2 aliphatic rings. The minimum Gasteiger partial charge on any atom is -0.306 e. The fourth-order valence-corrected chi connectivity index (χ4v) is 3.52. The summed E-state index contributed by atoms with van der Waals surface area (Å²) < 4.78 is 1.88. The molecule has 0 spiro atoms. The summed E-state index contributed by atoms with van der Waals surface area (Å²) >= 11 is 0. The monoisotopic (exact) mass is 248 g/mol. The molecule has 2 saturated heterocycles. The third-order valence-electron chi connectivity index (χ3n) is 4.54. The summed E-state index contributed by atoms with van der Waals surface area (Å²) in [5.74, 6) is 0. The van der Waals surface area contributed by atoms with Crippen LogP contribution in [-0.2, 0) is 7.05 Å². The summed E-state index contributed by atoms with van der Waals surface area (Å²) in [5.41, 5.74) is 1.30. The van der Waals surface area contributed by atoms with Crippen LogP contribution in [-0.4, -0.2) is 39.9 Å². The molecule has 0 bridgehead atoms. The Kier molecular flexibility index (Phi) is 3.39. The molecule has 3 atom stereocenters. The Balaban J connectivity index is 1.62. The number of aryl methyl sites for hydroxylation is 1. The van der Waals surface area contributed by atoms with E-state index < -0.39 is 0 Å². The van der Waals surface area contributed by atoms with Crippen molar-refractivity contribution in [3.63, 3.8) is 0 Å². The van der Waals surface area contributed by atoms with Crippen LogP contribution in [0.2, 0.25) is 0 Å². The second-order valence-corrected chi connectivity index (χ2v) is 5.83. The Bertz CT molecular complexity index is 400. The van der Waals surface area contributed by atoms with Crippen LogP contribution in [0, 0.1) is 0 Å². The standard InChI is InChI=1S/C14H24N4/c1-11(12-9-15-17(2)10-12)16-13-6-8-18-7-4-3-5-14(13)18/h9-11,13-14,16H,3-8H2,1-2H3. The van der Waals surface area contributed by atoms with Crippen molar-refractivity contribution < 1.29 is 0 Å². The van der Waals surface area contributed by atoms with Gasteiger partial charge in [-0.25, -0.2) is 0 Å². The lowest BCUT2D eigenvalue weighted by Crippen LogP contribution is -2.45. The molecule has 2 fully saturated rings.